The molecule has 5 nitrogen and oxygen atoms in total. The highest BCUT2D eigenvalue weighted by Crippen LogP contribution is 2.21. The van der Waals surface area contributed by atoms with Gasteiger partial charge in [-0.05, 0) is 19.8 Å². The largest absolute Gasteiger partial charge is 0.350 e. The van der Waals surface area contributed by atoms with Crippen LogP contribution in [-0.2, 0) is 0 Å². The molecule has 0 fully saturated rings. The molecule has 1 aromatic heterocycles. The number of rotatable bonds is 5. The van der Waals surface area contributed by atoms with Gasteiger partial charge in [-0.15, -0.1) is 12.4 Å². The van der Waals surface area contributed by atoms with Crippen LogP contribution >= 0.6 is 12.4 Å². The smallest absolute Gasteiger partial charge is 0.290 e. The molecule has 0 bridgehead atoms. The lowest BCUT2D eigenvalue weighted by Crippen LogP contribution is -2.54. The van der Waals surface area contributed by atoms with Gasteiger partial charge >= 0.3 is 0 Å². The predicted octanol–water partition coefficient (Wildman–Crippen LogP) is 3.18. The molecule has 1 unspecified atom stereocenters. The Hall–Kier alpha value is -1.85. The lowest BCUT2D eigenvalue weighted by atomic mass is 9.88. The molecule has 0 spiro atoms. The molecule has 0 saturated heterocycles. The van der Waals surface area contributed by atoms with E-state index in [4.69, 9.17) is 10.3 Å². The molecule has 0 aliphatic carbocycles. The summed E-state index contributed by atoms with van der Waals surface area (Å²) in [6.45, 7) is 8.34. The number of aryl methyl sites for hydroxylation is 1. The Bertz CT molecular complexity index is 652. The number of amides is 1. The normalized spacial score (nSPS) is 13.3. The zero-order chi connectivity index (χ0) is 16.3. The first-order chi connectivity index (χ1) is 10.4. The second kappa shape index (κ2) is 7.62. The fourth-order valence-corrected chi connectivity index (χ4v) is 1.99. The van der Waals surface area contributed by atoms with Crippen LogP contribution in [0, 0.1) is 12.8 Å². The zero-order valence-corrected chi connectivity index (χ0v) is 14.7. The number of hydrogen-bond acceptors (Lipinski definition) is 4. The van der Waals surface area contributed by atoms with E-state index >= 15 is 0 Å². The summed E-state index contributed by atoms with van der Waals surface area (Å²) in [7, 11) is 0. The molecule has 0 radical (unpaired) electrons. The number of nitrogens with zero attached hydrogens (tertiary/aromatic N) is 1. The minimum atomic E-state index is -0.478. The van der Waals surface area contributed by atoms with E-state index in [1.807, 2.05) is 52.0 Å². The molecule has 0 saturated carbocycles. The Kier molecular flexibility index (Phi) is 6.36. The van der Waals surface area contributed by atoms with Crippen molar-refractivity contribution in [2.45, 2.75) is 33.2 Å². The monoisotopic (exact) mass is 337 g/mol. The summed E-state index contributed by atoms with van der Waals surface area (Å²) in [5.41, 5.74) is 8.03. The first-order valence-corrected chi connectivity index (χ1v) is 7.42. The highest BCUT2D eigenvalue weighted by atomic mass is 35.5. The number of nitrogens with two attached hydrogens (primary N) is 1. The third kappa shape index (κ3) is 4.33. The van der Waals surface area contributed by atoms with Gasteiger partial charge in [0.25, 0.3) is 5.91 Å². The zero-order valence-electron chi connectivity index (χ0n) is 13.9. The van der Waals surface area contributed by atoms with Crippen molar-refractivity contribution in [3.05, 3.63) is 41.7 Å². The van der Waals surface area contributed by atoms with Crippen LogP contribution in [0.3, 0.4) is 0 Å². The maximum Gasteiger partial charge on any atom is 0.290 e. The molecule has 0 aliphatic rings. The van der Waals surface area contributed by atoms with Gasteiger partial charge in [0, 0.05) is 18.2 Å². The number of carbonyl (C=O) groups is 1. The fraction of sp³-hybridized carbons (Fsp3) is 0.412. The summed E-state index contributed by atoms with van der Waals surface area (Å²) in [5, 5.41) is 6.91. The van der Waals surface area contributed by atoms with Crippen LogP contribution in [0.1, 0.15) is 36.9 Å². The highest BCUT2D eigenvalue weighted by Gasteiger charge is 2.30. The molecule has 2 aromatic rings. The standard InChI is InChI=1S/C17H23N3O2.ClH/c1-11(2)17(4,10-18)19-16(21)15-9-14(20-22-15)13-7-5-12(3)6-8-13;/h5-9,11H,10,18H2,1-4H3,(H,19,21);1H. The maximum atomic E-state index is 12.3. The topological polar surface area (TPSA) is 81.2 Å². The van der Waals surface area contributed by atoms with Crippen LogP contribution in [0.25, 0.3) is 11.3 Å². The Morgan fingerprint density at radius 2 is 1.96 bits per heavy atom. The van der Waals surface area contributed by atoms with Crippen molar-refractivity contribution in [2.24, 2.45) is 11.7 Å². The van der Waals surface area contributed by atoms with Crippen molar-refractivity contribution in [1.82, 2.24) is 10.5 Å². The third-order valence-corrected chi connectivity index (χ3v) is 4.18. The number of halogens is 1. The van der Waals surface area contributed by atoms with Gasteiger partial charge in [-0.25, -0.2) is 0 Å². The molecule has 126 valence electrons. The van der Waals surface area contributed by atoms with Gasteiger partial charge < -0.3 is 15.6 Å². The molecule has 0 aliphatic heterocycles. The molecule has 1 heterocycles. The summed E-state index contributed by atoms with van der Waals surface area (Å²) in [5.74, 6) is 0.101. The van der Waals surface area contributed by atoms with Gasteiger partial charge in [-0.1, -0.05) is 48.8 Å². The minimum absolute atomic E-state index is 0. The van der Waals surface area contributed by atoms with Crippen LogP contribution in [0.2, 0.25) is 0 Å². The van der Waals surface area contributed by atoms with E-state index in [1.54, 1.807) is 6.07 Å². The first-order valence-electron chi connectivity index (χ1n) is 7.42. The average molecular weight is 338 g/mol. The van der Waals surface area contributed by atoms with Crippen LogP contribution in [0.4, 0.5) is 0 Å². The number of nitrogens with one attached hydrogen (secondary N) is 1. The molecule has 3 N–H and O–H groups in total. The molecule has 2 rings (SSSR count). The second-order valence-electron chi connectivity index (χ2n) is 6.17. The Morgan fingerprint density at radius 1 is 1.35 bits per heavy atom. The van der Waals surface area contributed by atoms with Crippen molar-refractivity contribution in [3.8, 4) is 11.3 Å². The summed E-state index contributed by atoms with van der Waals surface area (Å²) < 4.78 is 5.18. The molecule has 1 amide bonds. The summed E-state index contributed by atoms with van der Waals surface area (Å²) in [6.07, 6.45) is 0. The molecule has 1 atom stereocenters. The van der Waals surface area contributed by atoms with E-state index in [0.29, 0.717) is 12.2 Å². The van der Waals surface area contributed by atoms with Crippen molar-refractivity contribution >= 4 is 18.3 Å². The molecular weight excluding hydrogens is 314 g/mol. The minimum Gasteiger partial charge on any atom is -0.350 e. The van der Waals surface area contributed by atoms with Gasteiger partial charge in [0.15, 0.2) is 0 Å². The lowest BCUT2D eigenvalue weighted by Gasteiger charge is -2.33. The Labute approximate surface area is 143 Å². The first kappa shape index (κ1) is 19.2. The summed E-state index contributed by atoms with van der Waals surface area (Å²) >= 11 is 0. The van der Waals surface area contributed by atoms with E-state index in [1.165, 1.54) is 5.56 Å². The summed E-state index contributed by atoms with van der Waals surface area (Å²) in [6, 6.07) is 9.54. The molecule has 6 heteroatoms. The van der Waals surface area contributed by atoms with Crippen molar-refractivity contribution in [2.75, 3.05) is 6.54 Å². The fourth-order valence-electron chi connectivity index (χ4n) is 1.99. The van der Waals surface area contributed by atoms with Crippen molar-refractivity contribution < 1.29 is 9.32 Å². The average Bonchev–Trinajstić information content (AvgIpc) is 2.97. The van der Waals surface area contributed by atoms with E-state index in [9.17, 15) is 4.79 Å². The lowest BCUT2D eigenvalue weighted by molar-refractivity contribution is 0.0845. The predicted molar refractivity (Wildman–Crippen MR) is 93.7 cm³/mol. The molecule has 1 aromatic carbocycles. The van der Waals surface area contributed by atoms with Gasteiger partial charge in [0.05, 0.1) is 5.54 Å². The SMILES string of the molecule is Cc1ccc(-c2cc(C(=O)NC(C)(CN)C(C)C)on2)cc1.Cl. The van der Waals surface area contributed by atoms with Crippen molar-refractivity contribution in [3.63, 3.8) is 0 Å². The Balaban J connectivity index is 0.00000264. The van der Waals surface area contributed by atoms with E-state index in [0.717, 1.165) is 5.56 Å². The number of aromatic nitrogens is 1. The quantitative estimate of drug-likeness (QED) is 0.878. The van der Waals surface area contributed by atoms with E-state index in [2.05, 4.69) is 10.5 Å². The highest BCUT2D eigenvalue weighted by molar-refractivity contribution is 5.92. The Morgan fingerprint density at radius 3 is 2.48 bits per heavy atom. The van der Waals surface area contributed by atoms with Gasteiger partial charge in [0.1, 0.15) is 5.69 Å². The van der Waals surface area contributed by atoms with Gasteiger partial charge in [-0.2, -0.15) is 0 Å². The number of hydrogen-bond donors (Lipinski definition) is 2. The summed E-state index contributed by atoms with van der Waals surface area (Å²) in [4.78, 5) is 12.3. The number of benzene rings is 1. The van der Waals surface area contributed by atoms with Crippen molar-refractivity contribution in [1.29, 1.82) is 0 Å². The molecule has 23 heavy (non-hydrogen) atoms. The number of carbonyl (C=O) groups excluding carboxylic acids is 1. The van der Waals surface area contributed by atoms with Gasteiger partial charge in [0.2, 0.25) is 5.76 Å². The van der Waals surface area contributed by atoms with Crippen LogP contribution in [0.5, 0.6) is 0 Å². The van der Waals surface area contributed by atoms with Crippen LogP contribution in [-0.4, -0.2) is 23.1 Å². The second-order valence-corrected chi connectivity index (χ2v) is 6.17. The van der Waals surface area contributed by atoms with E-state index in [-0.39, 0.29) is 30.0 Å². The third-order valence-electron chi connectivity index (χ3n) is 4.18. The van der Waals surface area contributed by atoms with Crippen LogP contribution in [0.15, 0.2) is 34.9 Å². The van der Waals surface area contributed by atoms with Crippen LogP contribution < -0.4 is 11.1 Å². The molecular formula is C17H24ClN3O2. The van der Waals surface area contributed by atoms with Gasteiger partial charge in [-0.3, -0.25) is 4.79 Å². The van der Waals surface area contributed by atoms with E-state index < -0.39 is 5.54 Å². The maximum absolute atomic E-state index is 12.3.